The van der Waals surface area contributed by atoms with Crippen LogP contribution in [0.1, 0.15) is 6.92 Å². The molecule has 48 valence electrons. The minimum absolute atomic E-state index is 0.00227. The Morgan fingerprint density at radius 1 is 1.75 bits per heavy atom. The maximum Gasteiger partial charge on any atom is 0.155 e. The van der Waals surface area contributed by atoms with Gasteiger partial charge in [-0.3, -0.25) is 0 Å². The van der Waals surface area contributed by atoms with Gasteiger partial charge in [0, 0.05) is 5.33 Å². The van der Waals surface area contributed by atoms with Crippen LogP contribution < -0.4 is 0 Å². The lowest BCUT2D eigenvalue weighted by Crippen LogP contribution is -2.11. The Labute approximate surface area is 57.3 Å². The summed E-state index contributed by atoms with van der Waals surface area (Å²) in [5, 5.41) is 0.872. The van der Waals surface area contributed by atoms with Crippen molar-refractivity contribution in [2.75, 3.05) is 11.9 Å². The minimum Gasteiger partial charge on any atom is -0.350 e. The fourth-order valence-electron chi connectivity index (χ4n) is 0.673. The molecule has 0 aromatic heterocycles. The third-order valence-electron chi connectivity index (χ3n) is 1.07. The molecule has 0 spiro atoms. The maximum atomic E-state index is 5.24. The number of halogens is 1. The van der Waals surface area contributed by atoms with Crippen molar-refractivity contribution in [2.45, 2.75) is 19.3 Å². The van der Waals surface area contributed by atoms with Gasteiger partial charge in [0.15, 0.2) is 6.29 Å². The summed E-state index contributed by atoms with van der Waals surface area (Å²) in [6.45, 7) is 2.63. The molecule has 1 saturated heterocycles. The Morgan fingerprint density at radius 2 is 2.50 bits per heavy atom. The molecule has 8 heavy (non-hydrogen) atoms. The quantitative estimate of drug-likeness (QED) is 0.564. The van der Waals surface area contributed by atoms with E-state index in [-0.39, 0.29) is 12.4 Å². The zero-order chi connectivity index (χ0) is 5.98. The van der Waals surface area contributed by atoms with Crippen LogP contribution in [-0.2, 0) is 9.47 Å². The number of hydrogen-bond donors (Lipinski definition) is 0. The van der Waals surface area contributed by atoms with Crippen molar-refractivity contribution in [1.82, 2.24) is 0 Å². The summed E-state index contributed by atoms with van der Waals surface area (Å²) in [5.41, 5.74) is 0. The molecule has 0 amide bonds. The van der Waals surface area contributed by atoms with Crippen molar-refractivity contribution in [3.63, 3.8) is 0 Å². The number of hydrogen-bond acceptors (Lipinski definition) is 2. The van der Waals surface area contributed by atoms with Crippen molar-refractivity contribution in [2.24, 2.45) is 0 Å². The Bertz CT molecular complexity index is 76.8. The van der Waals surface area contributed by atoms with Gasteiger partial charge in [-0.15, -0.1) is 0 Å². The Kier molecular flexibility index (Phi) is 2.28. The highest BCUT2D eigenvalue weighted by Crippen LogP contribution is 2.11. The molecular formula is C5H9BrO2. The standard InChI is InChI=1S/C5H9BrO2/c1-4-7-3-5(2-6)8-4/h4-5H,2-3H2,1H3. The zero-order valence-electron chi connectivity index (χ0n) is 4.76. The molecule has 0 bridgehead atoms. The molecule has 0 N–H and O–H groups in total. The summed E-state index contributed by atoms with van der Waals surface area (Å²) in [6, 6.07) is 0. The van der Waals surface area contributed by atoms with E-state index in [4.69, 9.17) is 9.47 Å². The molecule has 2 atom stereocenters. The van der Waals surface area contributed by atoms with Crippen LogP contribution in [0.4, 0.5) is 0 Å². The number of ether oxygens (including phenoxy) is 2. The third-order valence-corrected chi connectivity index (χ3v) is 1.80. The molecule has 0 aromatic carbocycles. The molecule has 0 aliphatic carbocycles. The summed E-state index contributed by atoms with van der Waals surface area (Å²) in [6.07, 6.45) is 0.266. The normalized spacial score (nSPS) is 38.2. The van der Waals surface area contributed by atoms with E-state index < -0.39 is 0 Å². The second-order valence-corrected chi connectivity index (χ2v) is 2.46. The topological polar surface area (TPSA) is 18.5 Å². The molecule has 2 nitrogen and oxygen atoms in total. The SMILES string of the molecule is CC1OCC(CBr)O1. The lowest BCUT2D eigenvalue weighted by molar-refractivity contribution is -0.0380. The molecule has 2 unspecified atom stereocenters. The summed E-state index contributed by atoms with van der Waals surface area (Å²) in [7, 11) is 0. The fraction of sp³-hybridized carbons (Fsp3) is 1.00. The first kappa shape index (κ1) is 6.52. The van der Waals surface area contributed by atoms with Crippen LogP contribution in [0.5, 0.6) is 0 Å². The van der Waals surface area contributed by atoms with E-state index in [0.717, 1.165) is 11.9 Å². The van der Waals surface area contributed by atoms with E-state index in [2.05, 4.69) is 15.9 Å². The highest BCUT2D eigenvalue weighted by atomic mass is 79.9. The van der Waals surface area contributed by atoms with Crippen LogP contribution in [-0.4, -0.2) is 24.3 Å². The molecule has 1 fully saturated rings. The van der Waals surface area contributed by atoms with E-state index in [9.17, 15) is 0 Å². The molecule has 1 aliphatic heterocycles. The van der Waals surface area contributed by atoms with E-state index in [1.165, 1.54) is 0 Å². The Balaban J connectivity index is 2.22. The smallest absolute Gasteiger partial charge is 0.155 e. The predicted molar refractivity (Wildman–Crippen MR) is 34.1 cm³/mol. The highest BCUT2D eigenvalue weighted by Gasteiger charge is 2.20. The lowest BCUT2D eigenvalue weighted by atomic mass is 10.5. The van der Waals surface area contributed by atoms with E-state index in [0.29, 0.717) is 0 Å². The van der Waals surface area contributed by atoms with E-state index in [1.54, 1.807) is 0 Å². The summed E-state index contributed by atoms with van der Waals surface area (Å²) in [4.78, 5) is 0. The van der Waals surface area contributed by atoms with Crippen LogP contribution in [0.3, 0.4) is 0 Å². The van der Waals surface area contributed by atoms with Gasteiger partial charge in [0.25, 0.3) is 0 Å². The lowest BCUT2D eigenvalue weighted by Gasteiger charge is -2.01. The van der Waals surface area contributed by atoms with Gasteiger partial charge < -0.3 is 9.47 Å². The van der Waals surface area contributed by atoms with Gasteiger partial charge in [-0.25, -0.2) is 0 Å². The predicted octanol–water partition coefficient (Wildman–Crippen LogP) is 1.14. The first-order valence-corrected chi connectivity index (χ1v) is 3.78. The van der Waals surface area contributed by atoms with Gasteiger partial charge in [0.05, 0.1) is 12.7 Å². The van der Waals surface area contributed by atoms with Crippen molar-refractivity contribution in [1.29, 1.82) is 0 Å². The maximum absolute atomic E-state index is 5.24. The van der Waals surface area contributed by atoms with Gasteiger partial charge >= 0.3 is 0 Å². The van der Waals surface area contributed by atoms with Crippen LogP contribution >= 0.6 is 15.9 Å². The second kappa shape index (κ2) is 2.80. The molecule has 1 aliphatic rings. The molecule has 0 saturated carbocycles. The number of rotatable bonds is 1. The van der Waals surface area contributed by atoms with Crippen molar-refractivity contribution >= 4 is 15.9 Å². The second-order valence-electron chi connectivity index (χ2n) is 1.81. The van der Waals surface area contributed by atoms with Crippen LogP contribution in [0.25, 0.3) is 0 Å². The highest BCUT2D eigenvalue weighted by molar-refractivity contribution is 9.09. The zero-order valence-corrected chi connectivity index (χ0v) is 6.35. The average molecular weight is 181 g/mol. The van der Waals surface area contributed by atoms with Gasteiger partial charge in [-0.05, 0) is 6.92 Å². The average Bonchev–Trinajstić information content (AvgIpc) is 2.14. The van der Waals surface area contributed by atoms with Crippen LogP contribution in [0.2, 0.25) is 0 Å². The monoisotopic (exact) mass is 180 g/mol. The third kappa shape index (κ3) is 1.44. The van der Waals surface area contributed by atoms with Gasteiger partial charge in [-0.2, -0.15) is 0 Å². The van der Waals surface area contributed by atoms with Crippen LogP contribution in [0, 0.1) is 0 Å². The summed E-state index contributed by atoms with van der Waals surface area (Å²) >= 11 is 3.30. The largest absolute Gasteiger partial charge is 0.350 e. The Hall–Kier alpha value is 0.400. The van der Waals surface area contributed by atoms with E-state index in [1.807, 2.05) is 6.92 Å². The number of alkyl halides is 1. The van der Waals surface area contributed by atoms with Crippen molar-refractivity contribution in [3.05, 3.63) is 0 Å². The van der Waals surface area contributed by atoms with Crippen molar-refractivity contribution in [3.8, 4) is 0 Å². The first-order chi connectivity index (χ1) is 3.83. The minimum atomic E-state index is -0.00227. The molecule has 1 heterocycles. The molecule has 3 heteroatoms. The summed E-state index contributed by atoms with van der Waals surface area (Å²) < 4.78 is 10.3. The van der Waals surface area contributed by atoms with Gasteiger partial charge in [0.2, 0.25) is 0 Å². The van der Waals surface area contributed by atoms with Gasteiger partial charge in [-0.1, -0.05) is 15.9 Å². The summed E-state index contributed by atoms with van der Waals surface area (Å²) in [5.74, 6) is 0. The fourth-order valence-corrected chi connectivity index (χ4v) is 1.01. The van der Waals surface area contributed by atoms with Crippen molar-refractivity contribution < 1.29 is 9.47 Å². The van der Waals surface area contributed by atoms with Crippen LogP contribution in [0.15, 0.2) is 0 Å². The molecule has 0 aromatic rings. The van der Waals surface area contributed by atoms with E-state index >= 15 is 0 Å². The molecule has 0 radical (unpaired) electrons. The Morgan fingerprint density at radius 3 is 2.75 bits per heavy atom. The molecule has 1 rings (SSSR count). The first-order valence-electron chi connectivity index (χ1n) is 2.66. The molecular weight excluding hydrogens is 172 g/mol. The van der Waals surface area contributed by atoms with Gasteiger partial charge in [0.1, 0.15) is 0 Å².